The van der Waals surface area contributed by atoms with Crippen LogP contribution in [0.2, 0.25) is 56.5 Å². The Morgan fingerprint density at radius 2 is 1.16 bits per heavy atom. The zero-order valence-electron chi connectivity index (χ0n) is 29.7. The van der Waals surface area contributed by atoms with Gasteiger partial charge in [-0.3, -0.25) is 0 Å². The van der Waals surface area contributed by atoms with Gasteiger partial charge in [0.15, 0.2) is 11.3 Å². The maximum Gasteiger partial charge on any atom is 0.157 e. The molecule has 9 nitrogen and oxygen atoms in total. The highest BCUT2D eigenvalue weighted by atomic mass is 35.5. The molecule has 14 heteroatoms. The quantitative estimate of drug-likeness (QED) is 0.0570. The maximum atomic E-state index is 6.18. The number of hydrogen-bond donors (Lipinski definition) is 0. The van der Waals surface area contributed by atoms with Crippen molar-refractivity contribution in [1.82, 2.24) is 29.2 Å². The highest BCUT2D eigenvalue weighted by molar-refractivity contribution is 7.99. The molecule has 280 valence electrons. The number of nitrogens with zero attached hydrogens (tertiary/aromatic N) is 7. The van der Waals surface area contributed by atoms with Gasteiger partial charge in [0, 0.05) is 70.8 Å². The Kier molecular flexibility index (Phi) is 17.1. The van der Waals surface area contributed by atoms with Gasteiger partial charge in [0.2, 0.25) is 0 Å². The Bertz CT molecular complexity index is 1560. The van der Waals surface area contributed by atoms with Crippen molar-refractivity contribution in [2.75, 3.05) is 54.6 Å². The third-order valence-corrected chi connectivity index (χ3v) is 14.6. The van der Waals surface area contributed by atoms with Crippen LogP contribution in [0, 0.1) is 0 Å². The molecule has 0 amide bonds. The predicted octanol–water partition coefficient (Wildman–Crippen LogP) is 10.0. The first-order chi connectivity index (χ1) is 23.0. The van der Waals surface area contributed by atoms with Crippen molar-refractivity contribution in [2.45, 2.75) is 104 Å². The number of hydrogen-bond acceptors (Lipinski definition) is 9. The summed E-state index contributed by atoms with van der Waals surface area (Å²) in [6.07, 6.45) is 8.37. The minimum atomic E-state index is -1.12. The Labute approximate surface area is 317 Å². The summed E-state index contributed by atoms with van der Waals surface area (Å²) >= 11 is 10.3. The Hall–Kier alpha value is -1.62. The normalized spacial score (nSPS) is 16.1. The highest BCUT2D eigenvalue weighted by Gasteiger charge is 2.23. The van der Waals surface area contributed by atoms with Crippen molar-refractivity contribution < 1.29 is 9.47 Å². The van der Waals surface area contributed by atoms with Crippen molar-refractivity contribution in [3.8, 4) is 0 Å². The summed E-state index contributed by atoms with van der Waals surface area (Å²) in [6, 6.07) is 10.4. The van der Waals surface area contributed by atoms with Crippen LogP contribution in [-0.4, -0.2) is 95.0 Å². The van der Waals surface area contributed by atoms with Crippen molar-refractivity contribution >= 4 is 68.4 Å². The van der Waals surface area contributed by atoms with E-state index in [1.54, 1.807) is 10.7 Å². The minimum Gasteiger partial charge on any atom is -0.361 e. The number of aromatic nitrogens is 6. The summed E-state index contributed by atoms with van der Waals surface area (Å²) in [5.41, 5.74) is 4.06. The van der Waals surface area contributed by atoms with Crippen LogP contribution in [-0.2, 0) is 9.47 Å². The molecule has 6 heterocycles. The van der Waals surface area contributed by atoms with Gasteiger partial charge in [-0.25, -0.2) is 14.5 Å². The molecule has 2 aliphatic rings. The fourth-order valence-corrected chi connectivity index (χ4v) is 9.68. The Morgan fingerprint density at radius 3 is 1.64 bits per heavy atom. The largest absolute Gasteiger partial charge is 0.361 e. The third kappa shape index (κ3) is 12.8. The molecule has 2 aliphatic heterocycles. The van der Waals surface area contributed by atoms with Gasteiger partial charge in [0.25, 0.3) is 0 Å². The van der Waals surface area contributed by atoms with Crippen molar-refractivity contribution in [2.24, 2.45) is 0 Å². The van der Waals surface area contributed by atoms with Crippen LogP contribution in [0.1, 0.15) is 63.8 Å². The second-order valence-electron chi connectivity index (χ2n) is 15.3. The molecule has 2 saturated heterocycles. The SMILES string of the molecule is C.C.C[Si](C)(C)CCOCN(COCC[Si](C)(C)C)c1cc(C2CCSCC2)nc2ccnn12.Clc1cc(C2CCSCC2)nc2ccnn12. The molecule has 50 heavy (non-hydrogen) atoms. The monoisotopic (exact) mass is 779 g/mol. The van der Waals surface area contributed by atoms with Gasteiger partial charge < -0.3 is 14.4 Å². The summed E-state index contributed by atoms with van der Waals surface area (Å²) in [5, 5.41) is 9.35. The lowest BCUT2D eigenvalue weighted by atomic mass is 9.98. The van der Waals surface area contributed by atoms with Crippen LogP contribution in [0.25, 0.3) is 11.3 Å². The fraction of sp³-hybridized carbons (Fsp3) is 0.667. The molecule has 4 aromatic rings. The number of thioether (sulfide) groups is 2. The molecule has 0 atom stereocenters. The molecular weight excluding hydrogens is 718 g/mol. The lowest BCUT2D eigenvalue weighted by Crippen LogP contribution is -2.33. The standard InChI is InChI=1S/C23H42N4O2SSi2.C11H12ClN3S.2CH4/c1-31(2,3)15-11-28-18-26(19-29-12-16-32(4,5)6)23-17-21(20-8-13-30-14-9-20)25-22-7-10-24-27(22)23;12-10-7-9(8-2-5-16-6-3-8)14-11-1-4-13-15(10)11;;/h7,10,17,20H,8-9,11-16,18-19H2,1-6H3;1,4,7-8H,2-3,5-6H2;2*1H4. The molecule has 0 spiro atoms. The van der Waals surface area contributed by atoms with Gasteiger partial charge in [0.1, 0.15) is 24.4 Å². The van der Waals surface area contributed by atoms with Crippen molar-refractivity contribution in [3.05, 3.63) is 53.2 Å². The van der Waals surface area contributed by atoms with Crippen LogP contribution >= 0.6 is 35.1 Å². The summed E-state index contributed by atoms with van der Waals surface area (Å²) in [4.78, 5) is 11.8. The van der Waals surface area contributed by atoms with Gasteiger partial charge >= 0.3 is 0 Å². The van der Waals surface area contributed by atoms with Crippen LogP contribution in [0.4, 0.5) is 5.82 Å². The van der Waals surface area contributed by atoms with E-state index in [0.717, 1.165) is 48.1 Å². The van der Waals surface area contributed by atoms with Gasteiger partial charge in [-0.2, -0.15) is 38.2 Å². The second-order valence-corrected chi connectivity index (χ2v) is 29.3. The van der Waals surface area contributed by atoms with Crippen molar-refractivity contribution in [1.29, 1.82) is 0 Å². The number of fused-ring (bicyclic) bond motifs is 2. The zero-order chi connectivity index (χ0) is 34.1. The first-order valence-corrected chi connectivity index (χ1v) is 27.5. The lowest BCUT2D eigenvalue weighted by molar-refractivity contribution is 0.0942. The lowest BCUT2D eigenvalue weighted by Gasteiger charge is -2.28. The fourth-order valence-electron chi connectivity index (χ4n) is 5.71. The molecule has 0 saturated carbocycles. The summed E-state index contributed by atoms with van der Waals surface area (Å²) in [6.45, 7) is 16.9. The molecular formula is C36H62ClN7O2S2Si2. The molecule has 0 aromatic carbocycles. The highest BCUT2D eigenvalue weighted by Crippen LogP contribution is 2.33. The Balaban J connectivity index is 0.000000314. The van der Waals surface area contributed by atoms with Crippen LogP contribution in [0.3, 0.4) is 0 Å². The third-order valence-electron chi connectivity index (χ3n) is 8.79. The minimum absolute atomic E-state index is 0. The second kappa shape index (κ2) is 20.0. The van der Waals surface area contributed by atoms with E-state index in [1.165, 1.54) is 54.4 Å². The average Bonchev–Trinajstić information content (AvgIpc) is 3.74. The number of ether oxygens (including phenoxy) is 2. The number of rotatable bonds is 13. The maximum absolute atomic E-state index is 6.18. The van der Waals surface area contributed by atoms with Crippen LogP contribution in [0.15, 0.2) is 36.7 Å². The van der Waals surface area contributed by atoms with E-state index in [4.69, 9.17) is 26.1 Å². The van der Waals surface area contributed by atoms with Crippen molar-refractivity contribution in [3.63, 3.8) is 0 Å². The average molecular weight is 781 g/mol. The topological polar surface area (TPSA) is 82.1 Å². The summed E-state index contributed by atoms with van der Waals surface area (Å²) in [5.74, 6) is 7.01. The number of halogens is 1. The molecule has 2 fully saturated rings. The Morgan fingerprint density at radius 1 is 0.720 bits per heavy atom. The molecule has 0 radical (unpaired) electrons. The van der Waals surface area contributed by atoms with Crippen LogP contribution in [0.5, 0.6) is 0 Å². The zero-order valence-corrected chi connectivity index (χ0v) is 34.0. The van der Waals surface area contributed by atoms with Gasteiger partial charge in [-0.15, -0.1) is 0 Å². The molecule has 0 N–H and O–H groups in total. The summed E-state index contributed by atoms with van der Waals surface area (Å²) < 4.78 is 15.9. The predicted molar refractivity (Wildman–Crippen MR) is 223 cm³/mol. The van der Waals surface area contributed by atoms with E-state index in [0.29, 0.717) is 30.5 Å². The molecule has 6 rings (SSSR count). The number of anilines is 1. The van der Waals surface area contributed by atoms with Crippen LogP contribution < -0.4 is 4.90 Å². The summed E-state index contributed by atoms with van der Waals surface area (Å²) in [7, 11) is -2.25. The van der Waals surface area contributed by atoms with E-state index in [1.807, 2.05) is 40.7 Å². The van der Waals surface area contributed by atoms with E-state index in [-0.39, 0.29) is 14.9 Å². The molecule has 0 unspecified atom stereocenters. The van der Waals surface area contributed by atoms with E-state index < -0.39 is 16.1 Å². The smallest absolute Gasteiger partial charge is 0.157 e. The van der Waals surface area contributed by atoms with E-state index >= 15 is 0 Å². The van der Waals surface area contributed by atoms with Gasteiger partial charge in [-0.05, 0) is 66.8 Å². The molecule has 0 bridgehead atoms. The molecule has 0 aliphatic carbocycles. The molecule has 4 aromatic heterocycles. The van der Waals surface area contributed by atoms with Gasteiger partial charge in [-0.1, -0.05) is 65.7 Å². The van der Waals surface area contributed by atoms with E-state index in [2.05, 4.69) is 77.2 Å². The van der Waals surface area contributed by atoms with E-state index in [9.17, 15) is 0 Å². The first-order valence-electron chi connectivity index (χ1n) is 17.4. The first kappa shape index (κ1) is 42.8. The van der Waals surface area contributed by atoms with Gasteiger partial charge in [0.05, 0.1) is 12.4 Å².